The summed E-state index contributed by atoms with van der Waals surface area (Å²) in [5.41, 5.74) is 3.77. The second kappa shape index (κ2) is 7.65. The van der Waals surface area contributed by atoms with Crippen molar-refractivity contribution in [3.05, 3.63) is 52.5 Å². The molecule has 7 heteroatoms. The van der Waals surface area contributed by atoms with Crippen molar-refractivity contribution in [3.8, 4) is 0 Å². The molecule has 3 rings (SSSR count). The van der Waals surface area contributed by atoms with E-state index in [1.165, 1.54) is 6.26 Å². The Morgan fingerprint density at radius 1 is 1.33 bits per heavy atom. The first-order valence-corrected chi connectivity index (χ1v) is 8.91. The highest BCUT2D eigenvalue weighted by molar-refractivity contribution is 6.03. The van der Waals surface area contributed by atoms with Gasteiger partial charge in [-0.15, -0.1) is 0 Å². The molecule has 1 aliphatic rings. The second-order valence-corrected chi connectivity index (χ2v) is 6.65. The summed E-state index contributed by atoms with van der Waals surface area (Å²) in [4.78, 5) is 35.6. The fraction of sp³-hybridized carbons (Fsp3) is 0.350. The van der Waals surface area contributed by atoms with Gasteiger partial charge in [0.1, 0.15) is 12.2 Å². The molecule has 0 bridgehead atoms. The summed E-state index contributed by atoms with van der Waals surface area (Å²) in [6.07, 6.45) is 2.37. The topological polar surface area (TPSA) is 109 Å². The Morgan fingerprint density at radius 3 is 2.81 bits per heavy atom. The molecule has 1 atom stereocenters. The Labute approximate surface area is 156 Å². The van der Waals surface area contributed by atoms with Crippen LogP contribution in [0.5, 0.6) is 0 Å². The van der Waals surface area contributed by atoms with E-state index in [1.807, 2.05) is 18.2 Å². The summed E-state index contributed by atoms with van der Waals surface area (Å²) < 4.78 is 5.19. The molecule has 1 unspecified atom stereocenters. The van der Waals surface area contributed by atoms with Crippen molar-refractivity contribution >= 4 is 23.5 Å². The van der Waals surface area contributed by atoms with Crippen molar-refractivity contribution < 1.29 is 23.9 Å². The number of rotatable bonds is 7. The third kappa shape index (κ3) is 3.86. The standard InChI is InChI=1S/C20H22N2O5/c1-3-12-4-5-15-14(8-12)13(19(25)22-15)6-7-21-20(26)18-11(2)10-27-16(18)9-17(23)24/h4-5,8,10,13H,3,6-7,9H2,1-2H3,(H,21,26)(H,22,25)(H,23,24). The van der Waals surface area contributed by atoms with Gasteiger partial charge in [0.15, 0.2) is 0 Å². The first-order chi connectivity index (χ1) is 12.9. The summed E-state index contributed by atoms with van der Waals surface area (Å²) in [7, 11) is 0. The zero-order chi connectivity index (χ0) is 19.6. The average molecular weight is 370 g/mol. The van der Waals surface area contributed by atoms with Crippen molar-refractivity contribution in [1.29, 1.82) is 0 Å². The Hall–Kier alpha value is -3.09. The van der Waals surface area contributed by atoms with E-state index in [4.69, 9.17) is 9.52 Å². The number of furan rings is 1. The van der Waals surface area contributed by atoms with Crippen LogP contribution in [0.4, 0.5) is 5.69 Å². The van der Waals surface area contributed by atoms with Gasteiger partial charge >= 0.3 is 5.97 Å². The lowest BCUT2D eigenvalue weighted by Gasteiger charge is -2.11. The third-order valence-corrected chi connectivity index (χ3v) is 4.78. The number of aliphatic carboxylic acids is 1. The van der Waals surface area contributed by atoms with Gasteiger partial charge in [-0.3, -0.25) is 14.4 Å². The number of carbonyl (C=O) groups excluding carboxylic acids is 2. The van der Waals surface area contributed by atoms with Gasteiger partial charge in [-0.05, 0) is 37.0 Å². The molecular weight excluding hydrogens is 348 g/mol. The fourth-order valence-electron chi connectivity index (χ4n) is 3.37. The third-order valence-electron chi connectivity index (χ3n) is 4.78. The molecule has 1 aromatic carbocycles. The predicted molar refractivity (Wildman–Crippen MR) is 98.9 cm³/mol. The van der Waals surface area contributed by atoms with Crippen LogP contribution in [-0.4, -0.2) is 29.4 Å². The molecular formula is C20H22N2O5. The van der Waals surface area contributed by atoms with Crippen LogP contribution in [0.1, 0.15) is 52.1 Å². The first-order valence-electron chi connectivity index (χ1n) is 8.91. The minimum atomic E-state index is -1.07. The number of nitrogens with one attached hydrogen (secondary N) is 2. The van der Waals surface area contributed by atoms with E-state index in [2.05, 4.69) is 17.6 Å². The van der Waals surface area contributed by atoms with E-state index in [9.17, 15) is 14.4 Å². The zero-order valence-electron chi connectivity index (χ0n) is 15.3. The lowest BCUT2D eigenvalue weighted by Crippen LogP contribution is -2.28. The predicted octanol–water partition coefficient (Wildman–Crippen LogP) is 2.63. The van der Waals surface area contributed by atoms with Crippen molar-refractivity contribution in [1.82, 2.24) is 5.32 Å². The van der Waals surface area contributed by atoms with Crippen LogP contribution in [-0.2, 0) is 22.4 Å². The second-order valence-electron chi connectivity index (χ2n) is 6.65. The molecule has 3 N–H and O–H groups in total. The quantitative estimate of drug-likeness (QED) is 0.694. The van der Waals surface area contributed by atoms with Gasteiger partial charge in [0.05, 0.1) is 17.7 Å². The highest BCUT2D eigenvalue weighted by atomic mass is 16.4. The highest BCUT2D eigenvalue weighted by Crippen LogP contribution is 2.35. The molecule has 0 fully saturated rings. The molecule has 0 radical (unpaired) electrons. The molecule has 2 amide bonds. The van der Waals surface area contributed by atoms with E-state index in [0.717, 1.165) is 23.2 Å². The molecule has 0 aliphatic carbocycles. The van der Waals surface area contributed by atoms with E-state index in [1.54, 1.807) is 6.92 Å². The molecule has 1 aromatic heterocycles. The smallest absolute Gasteiger partial charge is 0.311 e. The van der Waals surface area contributed by atoms with E-state index < -0.39 is 11.9 Å². The van der Waals surface area contributed by atoms with Crippen molar-refractivity contribution in [2.45, 2.75) is 39.0 Å². The number of benzene rings is 1. The maximum atomic E-state index is 12.5. The van der Waals surface area contributed by atoms with Crippen LogP contribution in [0, 0.1) is 6.92 Å². The molecule has 0 saturated heterocycles. The summed E-state index contributed by atoms with van der Waals surface area (Å²) >= 11 is 0. The monoisotopic (exact) mass is 370 g/mol. The van der Waals surface area contributed by atoms with Gasteiger partial charge in [0, 0.05) is 17.8 Å². The Morgan fingerprint density at radius 2 is 2.11 bits per heavy atom. The van der Waals surface area contributed by atoms with Gasteiger partial charge in [-0.1, -0.05) is 19.1 Å². The number of carboxylic acid groups (broad SMARTS) is 1. The van der Waals surface area contributed by atoms with E-state index >= 15 is 0 Å². The number of amides is 2. The van der Waals surface area contributed by atoms with Crippen LogP contribution >= 0.6 is 0 Å². The summed E-state index contributed by atoms with van der Waals surface area (Å²) in [5, 5.41) is 14.6. The van der Waals surface area contributed by atoms with Crippen molar-refractivity contribution in [2.75, 3.05) is 11.9 Å². The number of anilines is 1. The largest absolute Gasteiger partial charge is 0.481 e. The zero-order valence-corrected chi connectivity index (χ0v) is 15.3. The van der Waals surface area contributed by atoms with Crippen LogP contribution in [0.2, 0.25) is 0 Å². The lowest BCUT2D eigenvalue weighted by molar-refractivity contribution is -0.136. The van der Waals surface area contributed by atoms with Crippen molar-refractivity contribution in [3.63, 3.8) is 0 Å². The van der Waals surface area contributed by atoms with Crippen LogP contribution in [0.25, 0.3) is 0 Å². The summed E-state index contributed by atoms with van der Waals surface area (Å²) in [6, 6.07) is 5.94. The van der Waals surface area contributed by atoms with E-state index in [0.29, 0.717) is 18.5 Å². The molecule has 7 nitrogen and oxygen atoms in total. The number of hydrogen-bond donors (Lipinski definition) is 3. The normalized spacial score (nSPS) is 15.3. The maximum Gasteiger partial charge on any atom is 0.311 e. The van der Waals surface area contributed by atoms with Gasteiger partial charge in [-0.25, -0.2) is 0 Å². The molecule has 2 heterocycles. The van der Waals surface area contributed by atoms with Gasteiger partial charge in [0.2, 0.25) is 5.91 Å². The minimum Gasteiger partial charge on any atom is -0.481 e. The van der Waals surface area contributed by atoms with Gasteiger partial charge in [-0.2, -0.15) is 0 Å². The van der Waals surface area contributed by atoms with Gasteiger partial charge < -0.3 is 20.2 Å². The van der Waals surface area contributed by atoms with Gasteiger partial charge in [0.25, 0.3) is 5.91 Å². The molecule has 2 aromatic rings. The molecule has 0 saturated carbocycles. The number of carbonyl (C=O) groups is 3. The van der Waals surface area contributed by atoms with Crippen LogP contribution in [0.15, 0.2) is 28.9 Å². The highest BCUT2D eigenvalue weighted by Gasteiger charge is 2.30. The molecule has 27 heavy (non-hydrogen) atoms. The molecule has 1 aliphatic heterocycles. The molecule has 0 spiro atoms. The van der Waals surface area contributed by atoms with Crippen molar-refractivity contribution in [2.24, 2.45) is 0 Å². The SMILES string of the molecule is CCc1ccc2c(c1)C(CCNC(=O)c1c(C)coc1CC(=O)O)C(=O)N2. The lowest BCUT2D eigenvalue weighted by atomic mass is 9.95. The Balaban J connectivity index is 1.66. The summed E-state index contributed by atoms with van der Waals surface area (Å²) in [5.74, 6) is -1.70. The minimum absolute atomic E-state index is 0.0708. The van der Waals surface area contributed by atoms with E-state index in [-0.39, 0.29) is 29.6 Å². The Kier molecular flexibility index (Phi) is 5.30. The first kappa shape index (κ1) is 18.7. The van der Waals surface area contributed by atoms with Crippen LogP contribution < -0.4 is 10.6 Å². The Bertz CT molecular complexity index is 900. The number of aryl methyl sites for hydroxylation is 2. The number of carboxylic acids is 1. The maximum absolute atomic E-state index is 12.5. The molecule has 142 valence electrons. The average Bonchev–Trinajstić information content (AvgIpc) is 3.13. The van der Waals surface area contributed by atoms with Crippen LogP contribution in [0.3, 0.4) is 0 Å². The number of hydrogen-bond acceptors (Lipinski definition) is 4. The number of fused-ring (bicyclic) bond motifs is 1. The fourth-order valence-corrected chi connectivity index (χ4v) is 3.37. The summed E-state index contributed by atoms with van der Waals surface area (Å²) in [6.45, 7) is 4.05.